The van der Waals surface area contributed by atoms with Gasteiger partial charge in [-0.2, -0.15) is 13.2 Å². The van der Waals surface area contributed by atoms with Crippen LogP contribution in [0.25, 0.3) is 0 Å². The van der Waals surface area contributed by atoms with Gasteiger partial charge in [0.1, 0.15) is 30.4 Å². The minimum absolute atomic E-state index is 0.197. The number of halogens is 6. The zero-order chi connectivity index (χ0) is 19.7. The summed E-state index contributed by atoms with van der Waals surface area (Å²) in [5, 5.41) is 0. The maximum Gasteiger partial charge on any atom is 0.573 e. The fourth-order valence-electron chi connectivity index (χ4n) is 3.16. The smallest absolute Gasteiger partial charge is 0.406 e. The molecule has 0 aliphatic carbocycles. The highest BCUT2D eigenvalue weighted by atomic mass is 19.4. The van der Waals surface area contributed by atoms with Gasteiger partial charge in [-0.3, -0.25) is 0 Å². The molecule has 0 amide bonds. The molecule has 0 fully saturated rings. The van der Waals surface area contributed by atoms with Gasteiger partial charge in [0.15, 0.2) is 0 Å². The predicted molar refractivity (Wildman–Crippen MR) is 87.2 cm³/mol. The van der Waals surface area contributed by atoms with Gasteiger partial charge < -0.3 is 4.74 Å². The van der Waals surface area contributed by atoms with E-state index in [2.05, 4.69) is 9.72 Å². The summed E-state index contributed by atoms with van der Waals surface area (Å²) < 4.78 is 80.7. The molecule has 27 heavy (non-hydrogen) atoms. The monoisotopic (exact) mass is 389 g/mol. The molecular weight excluding hydrogens is 374 g/mol. The topological polar surface area (TPSA) is 22.1 Å². The molecule has 9 heteroatoms. The zero-order valence-corrected chi connectivity index (χ0v) is 13.8. The molecule has 0 bridgehead atoms. The predicted octanol–water partition coefficient (Wildman–Crippen LogP) is 5.37. The molecule has 2 atom stereocenters. The van der Waals surface area contributed by atoms with Gasteiger partial charge in [-0.25, -0.2) is 9.47 Å². The Morgan fingerprint density at radius 1 is 0.963 bits per heavy atom. The first-order valence-corrected chi connectivity index (χ1v) is 7.99. The molecule has 1 aromatic heterocycles. The summed E-state index contributed by atoms with van der Waals surface area (Å²) >= 11 is 0. The molecule has 0 saturated heterocycles. The Kier molecular flexibility index (Phi) is 4.90. The Morgan fingerprint density at radius 2 is 1.67 bits per heavy atom. The second kappa shape index (κ2) is 6.88. The Bertz CT molecular complexity index is 801. The first kappa shape index (κ1) is 19.2. The number of rotatable bonds is 3. The van der Waals surface area contributed by atoms with Crippen molar-refractivity contribution in [2.24, 2.45) is 5.92 Å². The lowest BCUT2D eigenvalue weighted by atomic mass is 10.00. The van der Waals surface area contributed by atoms with Gasteiger partial charge in [-0.1, -0.05) is 12.1 Å². The molecule has 0 saturated carbocycles. The van der Waals surface area contributed by atoms with E-state index in [1.54, 1.807) is 18.2 Å². The van der Waals surface area contributed by atoms with E-state index in [1.807, 2.05) is 0 Å². The van der Waals surface area contributed by atoms with Crippen molar-refractivity contribution in [3.8, 4) is 5.75 Å². The number of ether oxygens (including phenoxy) is 1. The summed E-state index contributed by atoms with van der Waals surface area (Å²) in [6, 6.07) is 9.75. The fourth-order valence-corrected chi connectivity index (χ4v) is 3.16. The summed E-state index contributed by atoms with van der Waals surface area (Å²) in [6.45, 7) is -0.139. The van der Waals surface area contributed by atoms with E-state index in [-0.39, 0.29) is 17.6 Å². The minimum Gasteiger partial charge on any atom is -0.406 e. The molecule has 0 radical (unpaired) electrons. The van der Waals surface area contributed by atoms with Crippen LogP contribution in [0.4, 0.5) is 37.8 Å². The lowest BCUT2D eigenvalue weighted by Gasteiger charge is -2.40. The van der Waals surface area contributed by atoms with E-state index in [9.17, 15) is 26.3 Å². The van der Waals surface area contributed by atoms with Crippen molar-refractivity contribution < 1.29 is 31.1 Å². The first-order valence-electron chi connectivity index (χ1n) is 7.99. The average molecular weight is 389 g/mol. The lowest BCUT2D eigenvalue weighted by Crippen LogP contribution is -2.52. The van der Waals surface area contributed by atoms with Crippen molar-refractivity contribution >= 4 is 11.5 Å². The standard InChI is InChI=1S/C18H15F6N2O/c19-17(20,21)13-4-3-11-26(12-13,16-5-1-2-10-25-16)14-6-8-15(9-7-14)27-18(22,23)24/h1-10,13H,11-12H2/q+1. The normalized spacial score (nSPS) is 23.3. The summed E-state index contributed by atoms with van der Waals surface area (Å²) in [7, 11) is 0. The highest BCUT2D eigenvalue weighted by Crippen LogP contribution is 2.41. The third-order valence-electron chi connectivity index (χ3n) is 4.37. The molecule has 1 aromatic carbocycles. The van der Waals surface area contributed by atoms with Crippen molar-refractivity contribution in [2.75, 3.05) is 13.1 Å². The average Bonchev–Trinajstić information content (AvgIpc) is 2.61. The first-order chi connectivity index (χ1) is 12.6. The quantitative estimate of drug-likeness (QED) is 0.400. The highest BCUT2D eigenvalue weighted by molar-refractivity contribution is 5.57. The molecule has 2 unspecified atom stereocenters. The van der Waals surface area contributed by atoms with Crippen LogP contribution in [-0.2, 0) is 0 Å². The number of nitrogens with zero attached hydrogens (tertiary/aromatic N) is 2. The third kappa shape index (κ3) is 4.24. The van der Waals surface area contributed by atoms with Crippen molar-refractivity contribution in [3.05, 3.63) is 60.8 Å². The van der Waals surface area contributed by atoms with Gasteiger partial charge in [0.05, 0.1) is 0 Å². The van der Waals surface area contributed by atoms with Crippen LogP contribution in [-0.4, -0.2) is 30.6 Å². The molecular formula is C18H15F6N2O+. The molecule has 3 nitrogen and oxygen atoms in total. The highest BCUT2D eigenvalue weighted by Gasteiger charge is 2.48. The van der Waals surface area contributed by atoms with Crippen LogP contribution in [0.15, 0.2) is 60.8 Å². The largest absolute Gasteiger partial charge is 0.573 e. The van der Waals surface area contributed by atoms with Crippen molar-refractivity contribution in [2.45, 2.75) is 12.5 Å². The number of alkyl halides is 6. The van der Waals surface area contributed by atoms with Gasteiger partial charge in [0.2, 0.25) is 5.82 Å². The van der Waals surface area contributed by atoms with E-state index in [4.69, 9.17) is 0 Å². The maximum atomic E-state index is 13.3. The fraction of sp³-hybridized carbons (Fsp3) is 0.278. The lowest BCUT2D eigenvalue weighted by molar-refractivity contribution is -0.274. The molecule has 144 valence electrons. The second-order valence-corrected chi connectivity index (χ2v) is 6.14. The van der Waals surface area contributed by atoms with Crippen LogP contribution < -0.4 is 9.22 Å². The van der Waals surface area contributed by atoms with E-state index < -0.39 is 24.2 Å². The number of quaternary nitrogens is 1. The maximum absolute atomic E-state index is 13.3. The van der Waals surface area contributed by atoms with Crippen LogP contribution in [0.1, 0.15) is 0 Å². The number of hydrogen-bond donors (Lipinski definition) is 0. The molecule has 2 heterocycles. The van der Waals surface area contributed by atoms with Crippen molar-refractivity contribution in [1.29, 1.82) is 0 Å². The van der Waals surface area contributed by atoms with E-state index in [1.165, 1.54) is 24.4 Å². The van der Waals surface area contributed by atoms with E-state index in [0.29, 0.717) is 11.5 Å². The Hall–Kier alpha value is -2.55. The molecule has 0 N–H and O–H groups in total. The molecule has 1 aliphatic rings. The van der Waals surface area contributed by atoms with Gasteiger partial charge >= 0.3 is 12.5 Å². The SMILES string of the molecule is FC(F)(F)Oc1ccc([N+]2(c3ccccn3)CC=CC(C(F)(F)F)C2)cc1. The van der Waals surface area contributed by atoms with Crippen LogP contribution >= 0.6 is 0 Å². The van der Waals surface area contributed by atoms with E-state index in [0.717, 1.165) is 18.2 Å². The third-order valence-corrected chi connectivity index (χ3v) is 4.37. The Balaban J connectivity index is 2.03. The number of hydrogen-bond acceptors (Lipinski definition) is 2. The minimum atomic E-state index is -4.84. The Labute approximate surface area is 151 Å². The van der Waals surface area contributed by atoms with Crippen molar-refractivity contribution in [3.63, 3.8) is 0 Å². The van der Waals surface area contributed by atoms with Gasteiger partial charge in [0.25, 0.3) is 0 Å². The second-order valence-electron chi connectivity index (χ2n) is 6.14. The molecule has 1 aliphatic heterocycles. The molecule has 0 spiro atoms. The van der Waals surface area contributed by atoms with Gasteiger partial charge in [0, 0.05) is 24.4 Å². The van der Waals surface area contributed by atoms with Crippen LogP contribution in [0.3, 0.4) is 0 Å². The van der Waals surface area contributed by atoms with E-state index >= 15 is 0 Å². The van der Waals surface area contributed by atoms with Gasteiger partial charge in [-0.15, -0.1) is 13.2 Å². The Morgan fingerprint density at radius 3 is 2.22 bits per heavy atom. The number of pyridine rings is 1. The van der Waals surface area contributed by atoms with Gasteiger partial charge in [-0.05, 0) is 24.3 Å². The van der Waals surface area contributed by atoms with Crippen LogP contribution in [0, 0.1) is 5.92 Å². The van der Waals surface area contributed by atoms with Crippen molar-refractivity contribution in [1.82, 2.24) is 9.47 Å². The summed E-state index contributed by atoms with van der Waals surface area (Å²) in [5.74, 6) is -1.76. The number of benzene rings is 1. The zero-order valence-electron chi connectivity index (χ0n) is 13.8. The van der Waals surface area contributed by atoms with Crippen LogP contribution in [0.5, 0.6) is 5.75 Å². The summed E-state index contributed by atoms with van der Waals surface area (Å²) in [6.07, 6.45) is -5.27. The summed E-state index contributed by atoms with van der Waals surface area (Å²) in [4.78, 5) is 4.21. The molecule has 2 aromatic rings. The van der Waals surface area contributed by atoms with Crippen LogP contribution in [0.2, 0.25) is 0 Å². The number of aromatic nitrogens is 1. The molecule has 3 rings (SSSR count). The summed E-state index contributed by atoms with van der Waals surface area (Å²) in [5.41, 5.74) is 0.391.